The molecule has 1 aromatic rings. The van der Waals surface area contributed by atoms with E-state index >= 15 is 0 Å². The van der Waals surface area contributed by atoms with Gasteiger partial charge in [0, 0.05) is 6.54 Å². The third-order valence-corrected chi connectivity index (χ3v) is 5.82. The number of benzene rings is 1. The highest BCUT2D eigenvalue weighted by atomic mass is 35.5. The van der Waals surface area contributed by atoms with E-state index in [1.54, 1.807) is 0 Å². The van der Waals surface area contributed by atoms with Crippen LogP contribution in [0.4, 0.5) is 4.39 Å². The van der Waals surface area contributed by atoms with Crippen LogP contribution in [0.1, 0.15) is 19.8 Å². The van der Waals surface area contributed by atoms with E-state index in [4.69, 9.17) is 11.6 Å². The Labute approximate surface area is 121 Å². The second-order valence-corrected chi connectivity index (χ2v) is 7.11. The molecule has 0 saturated carbocycles. The monoisotopic (exact) mass is 321 g/mol. The average Bonchev–Trinajstić information content (AvgIpc) is 2.77. The fraction of sp³-hybridized carbons (Fsp3) is 0.417. The number of carbonyl (C=O) groups is 1. The number of hydrogen-bond donors (Lipinski definition) is 1. The largest absolute Gasteiger partial charge is 0.480 e. The van der Waals surface area contributed by atoms with E-state index in [9.17, 15) is 22.7 Å². The zero-order valence-electron chi connectivity index (χ0n) is 10.6. The Morgan fingerprint density at radius 2 is 2.15 bits per heavy atom. The van der Waals surface area contributed by atoms with Crippen LogP contribution in [-0.2, 0) is 14.8 Å². The van der Waals surface area contributed by atoms with Crippen molar-refractivity contribution < 1.29 is 22.7 Å². The number of carboxylic acids is 1. The number of hydrogen-bond acceptors (Lipinski definition) is 3. The average molecular weight is 322 g/mol. The van der Waals surface area contributed by atoms with Crippen molar-refractivity contribution in [3.8, 4) is 0 Å². The molecule has 0 aromatic heterocycles. The zero-order chi connectivity index (χ0) is 15.1. The number of carboxylic acid groups (broad SMARTS) is 1. The lowest BCUT2D eigenvalue weighted by Crippen LogP contribution is -2.50. The van der Waals surface area contributed by atoms with E-state index in [2.05, 4.69) is 0 Å². The maximum absolute atomic E-state index is 13.1. The van der Waals surface area contributed by atoms with Crippen LogP contribution < -0.4 is 0 Å². The van der Waals surface area contributed by atoms with Crippen molar-refractivity contribution in [3.63, 3.8) is 0 Å². The maximum Gasteiger partial charge on any atom is 0.324 e. The minimum atomic E-state index is -4.03. The SMILES string of the molecule is CC1(C(=O)O)CCCN1S(=O)(=O)c1ccc(F)c(Cl)c1. The summed E-state index contributed by atoms with van der Waals surface area (Å²) < 4.78 is 39.0. The first-order chi connectivity index (χ1) is 9.19. The molecular weight excluding hydrogens is 309 g/mol. The summed E-state index contributed by atoms with van der Waals surface area (Å²) in [7, 11) is -4.03. The molecule has 20 heavy (non-hydrogen) atoms. The summed E-state index contributed by atoms with van der Waals surface area (Å²) in [5, 5.41) is 8.94. The molecule has 110 valence electrons. The second kappa shape index (κ2) is 4.98. The van der Waals surface area contributed by atoms with Crippen molar-refractivity contribution in [2.45, 2.75) is 30.2 Å². The third-order valence-electron chi connectivity index (χ3n) is 3.52. The van der Waals surface area contributed by atoms with Gasteiger partial charge in [0.1, 0.15) is 11.4 Å². The number of sulfonamides is 1. The van der Waals surface area contributed by atoms with Crippen LogP contribution in [0.15, 0.2) is 23.1 Å². The molecule has 0 bridgehead atoms. The van der Waals surface area contributed by atoms with Gasteiger partial charge in [-0.2, -0.15) is 4.31 Å². The highest BCUT2D eigenvalue weighted by molar-refractivity contribution is 7.89. The molecule has 2 rings (SSSR count). The lowest BCUT2D eigenvalue weighted by molar-refractivity contribution is -0.146. The van der Waals surface area contributed by atoms with Crippen LogP contribution in [0.2, 0.25) is 5.02 Å². The Kier molecular flexibility index (Phi) is 3.79. The van der Waals surface area contributed by atoms with Gasteiger partial charge < -0.3 is 5.11 Å². The van der Waals surface area contributed by atoms with Gasteiger partial charge in [-0.05, 0) is 38.0 Å². The van der Waals surface area contributed by atoms with E-state index in [-0.39, 0.29) is 22.9 Å². The molecule has 0 aliphatic carbocycles. The second-order valence-electron chi connectivity index (χ2n) is 4.84. The van der Waals surface area contributed by atoms with Crippen LogP contribution >= 0.6 is 11.6 Å². The van der Waals surface area contributed by atoms with E-state index < -0.39 is 27.3 Å². The van der Waals surface area contributed by atoms with Gasteiger partial charge in [0.15, 0.2) is 0 Å². The first-order valence-electron chi connectivity index (χ1n) is 5.91. The fourth-order valence-electron chi connectivity index (χ4n) is 2.30. The molecule has 0 spiro atoms. The van der Waals surface area contributed by atoms with Crippen LogP contribution in [-0.4, -0.2) is 35.9 Å². The minimum Gasteiger partial charge on any atom is -0.480 e. The summed E-state index contributed by atoms with van der Waals surface area (Å²) in [6.45, 7) is 1.48. The Morgan fingerprint density at radius 1 is 1.50 bits per heavy atom. The van der Waals surface area contributed by atoms with Crippen LogP contribution in [0.3, 0.4) is 0 Å². The molecule has 1 heterocycles. The number of nitrogens with zero attached hydrogens (tertiary/aromatic N) is 1. The Hall–Kier alpha value is -1.18. The molecular formula is C12H13ClFNO4S. The molecule has 8 heteroatoms. The Morgan fingerprint density at radius 3 is 2.70 bits per heavy atom. The van der Waals surface area contributed by atoms with E-state index in [0.29, 0.717) is 6.42 Å². The Bertz CT molecular complexity index is 663. The van der Waals surface area contributed by atoms with Gasteiger partial charge >= 0.3 is 5.97 Å². The van der Waals surface area contributed by atoms with Gasteiger partial charge in [0.05, 0.1) is 9.92 Å². The molecule has 1 unspecified atom stereocenters. The number of halogens is 2. The lowest BCUT2D eigenvalue weighted by Gasteiger charge is -2.30. The summed E-state index contributed by atoms with van der Waals surface area (Å²) in [5.41, 5.74) is -1.49. The van der Waals surface area contributed by atoms with Crippen molar-refractivity contribution in [3.05, 3.63) is 29.0 Å². The molecule has 0 amide bonds. The van der Waals surface area contributed by atoms with Crippen molar-refractivity contribution in [2.75, 3.05) is 6.54 Å². The van der Waals surface area contributed by atoms with Gasteiger partial charge in [-0.15, -0.1) is 0 Å². The maximum atomic E-state index is 13.1. The van der Waals surface area contributed by atoms with E-state index in [1.165, 1.54) is 6.92 Å². The van der Waals surface area contributed by atoms with Gasteiger partial charge in [0.2, 0.25) is 10.0 Å². The normalized spacial score (nSPS) is 23.9. The van der Waals surface area contributed by atoms with Crippen molar-refractivity contribution in [1.82, 2.24) is 4.31 Å². The smallest absolute Gasteiger partial charge is 0.324 e. The molecule has 0 radical (unpaired) electrons. The van der Waals surface area contributed by atoms with Crippen molar-refractivity contribution in [1.29, 1.82) is 0 Å². The predicted molar refractivity (Wildman–Crippen MR) is 70.6 cm³/mol. The van der Waals surface area contributed by atoms with Crippen molar-refractivity contribution >= 4 is 27.6 Å². The summed E-state index contributed by atoms with van der Waals surface area (Å²) in [6.07, 6.45) is 0.688. The summed E-state index contributed by atoms with van der Waals surface area (Å²) in [4.78, 5) is 11.1. The van der Waals surface area contributed by atoms with Crippen LogP contribution in [0, 0.1) is 5.82 Å². The Balaban J connectivity index is 2.49. The minimum absolute atomic E-state index is 0.111. The molecule has 1 aromatic carbocycles. The van der Waals surface area contributed by atoms with Gasteiger partial charge in [-0.3, -0.25) is 4.79 Å². The van der Waals surface area contributed by atoms with Gasteiger partial charge in [0.25, 0.3) is 0 Å². The van der Waals surface area contributed by atoms with Crippen LogP contribution in [0.25, 0.3) is 0 Å². The summed E-state index contributed by atoms with van der Waals surface area (Å²) in [5.74, 6) is -1.93. The molecule has 1 fully saturated rings. The lowest BCUT2D eigenvalue weighted by atomic mass is 10.0. The molecule has 1 N–H and O–H groups in total. The standard InChI is InChI=1S/C12H13ClFNO4S/c1-12(11(16)17)5-2-6-15(12)20(18,19)8-3-4-10(14)9(13)7-8/h3-4,7H,2,5-6H2,1H3,(H,16,17). The topological polar surface area (TPSA) is 74.7 Å². The number of aliphatic carboxylic acids is 1. The predicted octanol–water partition coefficient (Wildman–Crippen LogP) is 2.11. The highest BCUT2D eigenvalue weighted by Gasteiger charge is 2.49. The highest BCUT2D eigenvalue weighted by Crippen LogP contribution is 2.35. The molecule has 1 aliphatic heterocycles. The van der Waals surface area contributed by atoms with E-state index in [0.717, 1.165) is 22.5 Å². The summed E-state index contributed by atoms with van der Waals surface area (Å²) >= 11 is 5.59. The van der Waals surface area contributed by atoms with E-state index in [1.807, 2.05) is 0 Å². The molecule has 1 aliphatic rings. The van der Waals surface area contributed by atoms with Crippen molar-refractivity contribution in [2.24, 2.45) is 0 Å². The number of rotatable bonds is 3. The quantitative estimate of drug-likeness (QED) is 0.925. The molecule has 1 atom stereocenters. The van der Waals surface area contributed by atoms with Gasteiger partial charge in [-0.25, -0.2) is 12.8 Å². The molecule has 5 nitrogen and oxygen atoms in total. The first kappa shape index (κ1) is 15.2. The summed E-state index contributed by atoms with van der Waals surface area (Å²) in [6, 6.07) is 3.02. The zero-order valence-corrected chi connectivity index (χ0v) is 12.2. The third kappa shape index (κ3) is 2.30. The first-order valence-corrected chi connectivity index (χ1v) is 7.73. The van der Waals surface area contributed by atoms with Crippen LogP contribution in [0.5, 0.6) is 0 Å². The molecule has 1 saturated heterocycles. The van der Waals surface area contributed by atoms with Gasteiger partial charge in [-0.1, -0.05) is 11.6 Å². The fourth-order valence-corrected chi connectivity index (χ4v) is 4.38.